The van der Waals surface area contributed by atoms with Crippen LogP contribution in [0.25, 0.3) is 0 Å². The largest absolute Gasteiger partial charge is 0.389 e. The standard InChI is InChI=1S/C11H19NO2/c13-11-6-12(14-7-11)5-10-4-8-1-2-9(10)3-8/h8-11,13H,1-7H2. The van der Waals surface area contributed by atoms with Crippen LogP contribution in [0.15, 0.2) is 0 Å². The number of hydrogen-bond acceptors (Lipinski definition) is 3. The third-order valence-electron chi connectivity index (χ3n) is 4.19. The minimum Gasteiger partial charge on any atom is -0.389 e. The van der Waals surface area contributed by atoms with Crippen LogP contribution >= 0.6 is 0 Å². The number of aliphatic hydroxyl groups excluding tert-OH is 1. The minimum atomic E-state index is -0.256. The summed E-state index contributed by atoms with van der Waals surface area (Å²) >= 11 is 0. The molecule has 0 amide bonds. The van der Waals surface area contributed by atoms with Gasteiger partial charge in [-0.05, 0) is 37.0 Å². The maximum Gasteiger partial charge on any atom is 0.0958 e. The lowest BCUT2D eigenvalue weighted by Gasteiger charge is -2.25. The number of aliphatic hydroxyl groups is 1. The molecule has 2 bridgehead atoms. The van der Waals surface area contributed by atoms with Gasteiger partial charge in [0.1, 0.15) is 0 Å². The number of hydrogen-bond donors (Lipinski definition) is 1. The fourth-order valence-electron chi connectivity index (χ4n) is 3.52. The summed E-state index contributed by atoms with van der Waals surface area (Å²) in [6.07, 6.45) is 5.51. The van der Waals surface area contributed by atoms with E-state index >= 15 is 0 Å². The normalized spacial score (nSPS) is 47.8. The van der Waals surface area contributed by atoms with E-state index in [-0.39, 0.29) is 6.10 Å². The summed E-state index contributed by atoms with van der Waals surface area (Å²) in [4.78, 5) is 5.42. The van der Waals surface area contributed by atoms with Crippen molar-refractivity contribution in [1.82, 2.24) is 5.06 Å². The Labute approximate surface area is 85.0 Å². The van der Waals surface area contributed by atoms with Gasteiger partial charge in [0, 0.05) is 6.54 Å². The first kappa shape index (κ1) is 9.13. The molecule has 3 fully saturated rings. The fraction of sp³-hybridized carbons (Fsp3) is 1.00. The Morgan fingerprint density at radius 2 is 2.21 bits per heavy atom. The number of fused-ring (bicyclic) bond motifs is 2. The van der Waals surface area contributed by atoms with E-state index < -0.39 is 0 Å². The summed E-state index contributed by atoms with van der Waals surface area (Å²) in [6, 6.07) is 0. The molecular formula is C11H19NO2. The zero-order valence-electron chi connectivity index (χ0n) is 8.56. The molecule has 3 nitrogen and oxygen atoms in total. The predicted molar refractivity (Wildman–Crippen MR) is 52.5 cm³/mol. The second-order valence-electron chi connectivity index (χ2n) is 5.23. The number of nitrogens with zero attached hydrogens (tertiary/aromatic N) is 1. The Morgan fingerprint density at radius 3 is 2.79 bits per heavy atom. The van der Waals surface area contributed by atoms with E-state index in [1.807, 2.05) is 5.06 Å². The van der Waals surface area contributed by atoms with Crippen molar-refractivity contribution in [3.05, 3.63) is 0 Å². The zero-order chi connectivity index (χ0) is 9.54. The van der Waals surface area contributed by atoms with Gasteiger partial charge < -0.3 is 5.11 Å². The van der Waals surface area contributed by atoms with Gasteiger partial charge in [-0.2, -0.15) is 5.06 Å². The second kappa shape index (κ2) is 3.47. The van der Waals surface area contributed by atoms with Gasteiger partial charge in [0.05, 0.1) is 19.3 Å². The van der Waals surface area contributed by atoms with Crippen LogP contribution in [0.1, 0.15) is 25.7 Å². The van der Waals surface area contributed by atoms with E-state index in [0.717, 1.165) is 24.3 Å². The van der Waals surface area contributed by atoms with Crippen molar-refractivity contribution in [3.8, 4) is 0 Å². The third-order valence-corrected chi connectivity index (χ3v) is 4.19. The van der Waals surface area contributed by atoms with Gasteiger partial charge in [-0.15, -0.1) is 0 Å². The summed E-state index contributed by atoms with van der Waals surface area (Å²) in [5.41, 5.74) is 0. The lowest BCUT2D eigenvalue weighted by atomic mass is 9.89. The summed E-state index contributed by atoms with van der Waals surface area (Å²) in [6.45, 7) is 2.27. The molecule has 3 aliphatic rings. The quantitative estimate of drug-likeness (QED) is 0.717. The van der Waals surface area contributed by atoms with E-state index in [1.54, 1.807) is 0 Å². The van der Waals surface area contributed by atoms with Crippen LogP contribution < -0.4 is 0 Å². The Morgan fingerprint density at radius 1 is 1.29 bits per heavy atom. The van der Waals surface area contributed by atoms with E-state index in [9.17, 15) is 5.11 Å². The molecule has 0 aromatic heterocycles. The topological polar surface area (TPSA) is 32.7 Å². The van der Waals surface area contributed by atoms with Crippen molar-refractivity contribution in [2.45, 2.75) is 31.8 Å². The van der Waals surface area contributed by atoms with Gasteiger partial charge >= 0.3 is 0 Å². The molecule has 0 spiro atoms. The van der Waals surface area contributed by atoms with Crippen molar-refractivity contribution >= 4 is 0 Å². The molecule has 1 N–H and O–H groups in total. The van der Waals surface area contributed by atoms with Crippen LogP contribution in [-0.2, 0) is 4.84 Å². The molecule has 3 heteroatoms. The van der Waals surface area contributed by atoms with Gasteiger partial charge in [0.15, 0.2) is 0 Å². The van der Waals surface area contributed by atoms with Crippen LogP contribution in [0.4, 0.5) is 0 Å². The highest BCUT2D eigenvalue weighted by molar-refractivity contribution is 4.91. The molecule has 0 aromatic carbocycles. The smallest absolute Gasteiger partial charge is 0.0958 e. The average Bonchev–Trinajstić information content (AvgIpc) is 2.82. The van der Waals surface area contributed by atoms with E-state index in [4.69, 9.17) is 4.84 Å². The van der Waals surface area contributed by atoms with Gasteiger partial charge in [0.2, 0.25) is 0 Å². The van der Waals surface area contributed by atoms with Gasteiger partial charge in [-0.1, -0.05) is 6.42 Å². The molecule has 2 saturated carbocycles. The first-order valence-corrected chi connectivity index (χ1v) is 5.87. The predicted octanol–water partition coefficient (Wildman–Crippen LogP) is 1.03. The third kappa shape index (κ3) is 1.58. The molecule has 1 heterocycles. The fourth-order valence-corrected chi connectivity index (χ4v) is 3.52. The first-order chi connectivity index (χ1) is 6.81. The molecule has 2 aliphatic carbocycles. The number of rotatable bonds is 2. The molecule has 3 rings (SSSR count). The van der Waals surface area contributed by atoms with E-state index in [0.29, 0.717) is 13.2 Å². The van der Waals surface area contributed by atoms with Crippen molar-refractivity contribution in [2.24, 2.45) is 17.8 Å². The first-order valence-electron chi connectivity index (χ1n) is 5.87. The lowest BCUT2D eigenvalue weighted by molar-refractivity contribution is -0.122. The Hall–Kier alpha value is -0.120. The van der Waals surface area contributed by atoms with Crippen molar-refractivity contribution < 1.29 is 9.94 Å². The molecule has 0 aromatic rings. The molecule has 0 radical (unpaired) electrons. The minimum absolute atomic E-state index is 0.256. The van der Waals surface area contributed by atoms with Crippen LogP contribution in [0.5, 0.6) is 0 Å². The van der Waals surface area contributed by atoms with Crippen LogP contribution in [0.2, 0.25) is 0 Å². The lowest BCUT2D eigenvalue weighted by Crippen LogP contribution is -2.30. The maximum atomic E-state index is 9.34. The Balaban J connectivity index is 1.53. The average molecular weight is 197 g/mol. The summed E-state index contributed by atoms with van der Waals surface area (Å²) in [5.74, 6) is 2.82. The Bertz CT molecular complexity index is 221. The number of β-amino-alcohol motifs (C(OH)–C–C–N with tert-alkyl or cyclic N) is 1. The second-order valence-corrected chi connectivity index (χ2v) is 5.23. The molecule has 4 unspecified atom stereocenters. The van der Waals surface area contributed by atoms with Gasteiger partial charge in [-0.3, -0.25) is 4.84 Å². The molecular weight excluding hydrogens is 178 g/mol. The highest BCUT2D eigenvalue weighted by Gasteiger charge is 2.40. The molecule has 80 valence electrons. The highest BCUT2D eigenvalue weighted by atomic mass is 16.7. The van der Waals surface area contributed by atoms with Crippen LogP contribution in [0.3, 0.4) is 0 Å². The maximum absolute atomic E-state index is 9.34. The number of hydroxylamine groups is 2. The van der Waals surface area contributed by atoms with Crippen LogP contribution in [0, 0.1) is 17.8 Å². The van der Waals surface area contributed by atoms with Gasteiger partial charge in [0.25, 0.3) is 0 Å². The molecule has 1 aliphatic heterocycles. The van der Waals surface area contributed by atoms with E-state index in [2.05, 4.69) is 0 Å². The van der Waals surface area contributed by atoms with Crippen molar-refractivity contribution in [3.63, 3.8) is 0 Å². The SMILES string of the molecule is OC1CON(CC2CC3CCC2C3)C1. The van der Waals surface area contributed by atoms with E-state index in [1.165, 1.54) is 25.7 Å². The molecule has 14 heavy (non-hydrogen) atoms. The monoisotopic (exact) mass is 197 g/mol. The van der Waals surface area contributed by atoms with Crippen molar-refractivity contribution in [1.29, 1.82) is 0 Å². The van der Waals surface area contributed by atoms with Gasteiger partial charge in [-0.25, -0.2) is 0 Å². The van der Waals surface area contributed by atoms with Crippen LogP contribution in [-0.4, -0.2) is 36.0 Å². The summed E-state index contributed by atoms with van der Waals surface area (Å²) in [7, 11) is 0. The summed E-state index contributed by atoms with van der Waals surface area (Å²) < 4.78 is 0. The van der Waals surface area contributed by atoms with Crippen molar-refractivity contribution in [2.75, 3.05) is 19.7 Å². The summed E-state index contributed by atoms with van der Waals surface area (Å²) in [5, 5.41) is 11.3. The highest BCUT2D eigenvalue weighted by Crippen LogP contribution is 2.48. The Kier molecular flexibility index (Phi) is 2.26. The molecule has 1 saturated heterocycles. The molecule has 4 atom stereocenters. The zero-order valence-corrected chi connectivity index (χ0v) is 8.56.